The highest BCUT2D eigenvalue weighted by Crippen LogP contribution is 2.37. The topological polar surface area (TPSA) is 83.5 Å². The molecule has 8 heteroatoms. The number of rotatable bonds is 6. The fourth-order valence-electron chi connectivity index (χ4n) is 3.19. The zero-order valence-electron chi connectivity index (χ0n) is 16.6. The smallest absolute Gasteiger partial charge is 0.237 e. The summed E-state index contributed by atoms with van der Waals surface area (Å²) in [5.74, 6) is -1.36. The van der Waals surface area contributed by atoms with Gasteiger partial charge in [0.25, 0.3) is 0 Å². The number of hydrogen-bond acceptors (Lipinski definition) is 5. The Morgan fingerprint density at radius 2 is 1.90 bits per heavy atom. The minimum atomic E-state index is -3.68. The highest BCUT2D eigenvalue weighted by Gasteiger charge is 2.28. The van der Waals surface area contributed by atoms with Gasteiger partial charge < -0.3 is 10.2 Å². The molecular formula is C21H24N2O4S2. The van der Waals surface area contributed by atoms with Crippen LogP contribution in [0.3, 0.4) is 0 Å². The second-order valence-corrected chi connectivity index (χ2v) is 10.7. The van der Waals surface area contributed by atoms with E-state index in [-0.39, 0.29) is 27.7 Å². The molecule has 3 rings (SSSR count). The van der Waals surface area contributed by atoms with Crippen LogP contribution in [0.4, 0.5) is 5.69 Å². The van der Waals surface area contributed by atoms with E-state index in [0.717, 1.165) is 10.5 Å². The lowest BCUT2D eigenvalue weighted by atomic mass is 10.1. The number of carbonyl (C=O) groups excluding carboxylic acids is 2. The highest BCUT2D eigenvalue weighted by atomic mass is 32.2. The van der Waals surface area contributed by atoms with Crippen LogP contribution in [0, 0.1) is 5.92 Å². The molecule has 0 spiro atoms. The Bertz CT molecular complexity index is 1020. The minimum absolute atomic E-state index is 0.108. The molecule has 0 aromatic heterocycles. The molecule has 2 amide bonds. The molecule has 1 aliphatic heterocycles. The first-order valence-electron chi connectivity index (χ1n) is 9.30. The van der Waals surface area contributed by atoms with Gasteiger partial charge in [-0.3, -0.25) is 9.59 Å². The SMILES string of the molecule is C[C@@H](CS(=O)(=O)c1ccc2c(c1)NC(=O)[C@@H](C)S2)C(=O)N(C)Cc1ccccc1. The molecular weight excluding hydrogens is 408 g/mol. The normalized spacial score (nSPS) is 17.2. The van der Waals surface area contributed by atoms with Crippen molar-refractivity contribution in [3.63, 3.8) is 0 Å². The summed E-state index contributed by atoms with van der Waals surface area (Å²) in [6, 6.07) is 14.3. The molecule has 0 fully saturated rings. The van der Waals surface area contributed by atoms with Gasteiger partial charge >= 0.3 is 0 Å². The van der Waals surface area contributed by atoms with E-state index in [1.54, 1.807) is 31.9 Å². The maximum Gasteiger partial charge on any atom is 0.237 e. The summed E-state index contributed by atoms with van der Waals surface area (Å²) in [7, 11) is -2.01. The van der Waals surface area contributed by atoms with E-state index in [9.17, 15) is 18.0 Å². The second kappa shape index (κ2) is 8.59. The molecule has 0 radical (unpaired) electrons. The van der Waals surface area contributed by atoms with E-state index in [1.165, 1.54) is 23.9 Å². The number of fused-ring (bicyclic) bond motifs is 1. The molecule has 0 unspecified atom stereocenters. The molecule has 29 heavy (non-hydrogen) atoms. The Kier molecular flexibility index (Phi) is 6.33. The lowest BCUT2D eigenvalue weighted by Gasteiger charge is -2.23. The predicted octanol–water partition coefficient (Wildman–Crippen LogP) is 3.19. The van der Waals surface area contributed by atoms with Crippen LogP contribution in [0.1, 0.15) is 19.4 Å². The largest absolute Gasteiger partial charge is 0.341 e. The van der Waals surface area contributed by atoms with Crippen LogP contribution in [0.15, 0.2) is 58.3 Å². The van der Waals surface area contributed by atoms with Crippen molar-refractivity contribution in [3.8, 4) is 0 Å². The third-order valence-electron chi connectivity index (χ3n) is 4.77. The molecule has 154 valence electrons. The van der Waals surface area contributed by atoms with Gasteiger partial charge in [0.05, 0.1) is 21.6 Å². The first-order valence-corrected chi connectivity index (χ1v) is 11.8. The van der Waals surface area contributed by atoms with Crippen LogP contribution in [0.2, 0.25) is 0 Å². The van der Waals surface area contributed by atoms with Crippen molar-refractivity contribution in [2.24, 2.45) is 5.92 Å². The third-order valence-corrected chi connectivity index (χ3v) is 7.86. The monoisotopic (exact) mass is 432 g/mol. The molecule has 0 aliphatic carbocycles. The molecule has 1 aliphatic rings. The first-order chi connectivity index (χ1) is 13.7. The van der Waals surface area contributed by atoms with Crippen LogP contribution >= 0.6 is 11.8 Å². The predicted molar refractivity (Wildman–Crippen MR) is 115 cm³/mol. The molecule has 6 nitrogen and oxygen atoms in total. The second-order valence-electron chi connectivity index (χ2n) is 7.27. The maximum atomic E-state index is 12.9. The fourth-order valence-corrected chi connectivity index (χ4v) is 5.69. The maximum absolute atomic E-state index is 12.9. The Hall–Kier alpha value is -2.32. The number of hydrogen-bond donors (Lipinski definition) is 1. The van der Waals surface area contributed by atoms with Crippen LogP contribution in [0.5, 0.6) is 0 Å². The Morgan fingerprint density at radius 3 is 2.59 bits per heavy atom. The molecule has 0 bridgehead atoms. The van der Waals surface area contributed by atoms with Crippen LogP contribution < -0.4 is 5.32 Å². The van der Waals surface area contributed by atoms with Gasteiger partial charge in [0.2, 0.25) is 11.8 Å². The van der Waals surface area contributed by atoms with Crippen molar-refractivity contribution in [2.75, 3.05) is 18.1 Å². The molecule has 1 N–H and O–H groups in total. The molecule has 0 saturated carbocycles. The summed E-state index contributed by atoms with van der Waals surface area (Å²) in [4.78, 5) is 27.0. The zero-order chi connectivity index (χ0) is 21.2. The van der Waals surface area contributed by atoms with Crippen molar-refractivity contribution < 1.29 is 18.0 Å². The highest BCUT2D eigenvalue weighted by molar-refractivity contribution is 8.01. The zero-order valence-corrected chi connectivity index (χ0v) is 18.2. The Labute approximate surface area is 175 Å². The average Bonchev–Trinajstić information content (AvgIpc) is 2.68. The van der Waals surface area contributed by atoms with Gasteiger partial charge in [0.15, 0.2) is 9.84 Å². The fraction of sp³-hybridized carbons (Fsp3) is 0.333. The number of carbonyl (C=O) groups is 2. The van der Waals surface area contributed by atoms with Gasteiger partial charge in [-0.1, -0.05) is 37.3 Å². The molecule has 1 heterocycles. The van der Waals surface area contributed by atoms with Gasteiger partial charge in [-0.25, -0.2) is 8.42 Å². The van der Waals surface area contributed by atoms with Crippen molar-refractivity contribution in [3.05, 3.63) is 54.1 Å². The Balaban J connectivity index is 1.71. The van der Waals surface area contributed by atoms with Crippen LogP contribution in [-0.4, -0.2) is 43.2 Å². The standard InChI is InChI=1S/C21H24N2O4S2/c1-14(21(25)23(3)12-16-7-5-4-6-8-16)13-29(26,27)17-9-10-19-18(11-17)22-20(24)15(2)28-19/h4-11,14-15H,12-13H2,1-3H3,(H,22,24)/t14-,15+/m0/s1. The molecule has 2 atom stereocenters. The summed E-state index contributed by atoms with van der Waals surface area (Å²) < 4.78 is 25.7. The molecule has 2 aromatic carbocycles. The number of sulfone groups is 1. The van der Waals surface area contributed by atoms with E-state index in [2.05, 4.69) is 5.32 Å². The van der Waals surface area contributed by atoms with Gasteiger partial charge in [0, 0.05) is 24.4 Å². The van der Waals surface area contributed by atoms with Crippen LogP contribution in [-0.2, 0) is 26.0 Å². The van der Waals surface area contributed by atoms with E-state index in [0.29, 0.717) is 12.2 Å². The van der Waals surface area contributed by atoms with Crippen molar-refractivity contribution in [1.82, 2.24) is 4.90 Å². The average molecular weight is 433 g/mol. The number of nitrogens with one attached hydrogen (secondary N) is 1. The van der Waals surface area contributed by atoms with Crippen molar-refractivity contribution >= 4 is 39.1 Å². The summed E-state index contributed by atoms with van der Waals surface area (Å²) >= 11 is 1.40. The minimum Gasteiger partial charge on any atom is -0.341 e. The first kappa shape index (κ1) is 21.4. The van der Waals surface area contributed by atoms with Gasteiger partial charge in [0.1, 0.15) is 0 Å². The summed E-state index contributed by atoms with van der Waals surface area (Å²) in [5, 5.41) is 2.52. The van der Waals surface area contributed by atoms with Gasteiger partial charge in [-0.05, 0) is 30.7 Å². The van der Waals surface area contributed by atoms with Crippen LogP contribution in [0.25, 0.3) is 0 Å². The van der Waals surface area contributed by atoms with Gasteiger partial charge in [-0.2, -0.15) is 0 Å². The molecule has 2 aromatic rings. The van der Waals surface area contributed by atoms with E-state index in [1.807, 2.05) is 30.3 Å². The quantitative estimate of drug-likeness (QED) is 0.758. The molecule has 0 saturated heterocycles. The number of benzene rings is 2. The van der Waals surface area contributed by atoms with Crippen molar-refractivity contribution in [1.29, 1.82) is 0 Å². The number of anilines is 1. The number of nitrogens with zero attached hydrogens (tertiary/aromatic N) is 1. The summed E-state index contributed by atoms with van der Waals surface area (Å²) in [5.41, 5.74) is 1.48. The number of thioether (sulfide) groups is 1. The van der Waals surface area contributed by atoms with Gasteiger partial charge in [-0.15, -0.1) is 11.8 Å². The lowest BCUT2D eigenvalue weighted by Crippen LogP contribution is -2.34. The Morgan fingerprint density at radius 1 is 1.21 bits per heavy atom. The van der Waals surface area contributed by atoms with E-state index >= 15 is 0 Å². The third kappa shape index (κ3) is 5.00. The summed E-state index contributed by atoms with van der Waals surface area (Å²) in [6.45, 7) is 3.84. The van der Waals surface area contributed by atoms with E-state index in [4.69, 9.17) is 0 Å². The summed E-state index contributed by atoms with van der Waals surface area (Å²) in [6.07, 6.45) is 0. The lowest BCUT2D eigenvalue weighted by molar-refractivity contribution is -0.133. The van der Waals surface area contributed by atoms with Crippen molar-refractivity contribution in [2.45, 2.75) is 35.4 Å². The van der Waals surface area contributed by atoms with E-state index < -0.39 is 15.8 Å². The number of amides is 2.